The van der Waals surface area contributed by atoms with Crippen molar-refractivity contribution >= 4 is 47.2 Å². The van der Waals surface area contributed by atoms with Crippen LogP contribution in [0.1, 0.15) is 36.6 Å². The summed E-state index contributed by atoms with van der Waals surface area (Å²) in [5, 5.41) is 7.97. The molecule has 1 fully saturated rings. The maximum atomic E-state index is 11.0. The van der Waals surface area contributed by atoms with E-state index in [0.717, 1.165) is 62.8 Å². The molecule has 0 spiro atoms. The van der Waals surface area contributed by atoms with Gasteiger partial charge in [0.15, 0.2) is 5.96 Å². The lowest BCUT2D eigenvalue weighted by molar-refractivity contribution is -0.119. The number of carbonyl (C=O) groups excluding carboxylic acids is 1. The Bertz CT molecular complexity index is 571. The van der Waals surface area contributed by atoms with Gasteiger partial charge in [0.1, 0.15) is 0 Å². The number of halogens is 1. The number of nitrogens with two attached hydrogens (primary N) is 1. The Morgan fingerprint density at radius 2 is 2.15 bits per heavy atom. The quantitative estimate of drug-likeness (QED) is 0.288. The average Bonchev–Trinajstić information content (AvgIpc) is 3.04. The molecule has 26 heavy (non-hydrogen) atoms. The number of hydrogen-bond donors (Lipinski definition) is 3. The molecule has 148 valence electrons. The number of thiazole rings is 1. The predicted molar refractivity (Wildman–Crippen MR) is 118 cm³/mol. The molecule has 9 heteroatoms. The normalized spacial score (nSPS) is 16.2. The molecule has 0 atom stereocenters. The van der Waals surface area contributed by atoms with Crippen LogP contribution in [0.5, 0.6) is 0 Å². The first-order valence-electron chi connectivity index (χ1n) is 9.09. The molecule has 1 aromatic rings. The molecule has 1 aliphatic rings. The number of piperidine rings is 1. The summed E-state index contributed by atoms with van der Waals surface area (Å²) in [5.41, 5.74) is 5.26. The Balaban J connectivity index is 0.00000338. The lowest BCUT2D eigenvalue weighted by Gasteiger charge is -2.32. The Hall–Kier alpha value is -0.940. The fourth-order valence-corrected chi connectivity index (χ4v) is 3.71. The number of nitrogens with one attached hydrogen (secondary N) is 2. The molecule has 1 amide bonds. The molecule has 2 heterocycles. The van der Waals surface area contributed by atoms with E-state index >= 15 is 0 Å². The van der Waals surface area contributed by atoms with Crippen LogP contribution in [0.4, 0.5) is 0 Å². The first-order valence-corrected chi connectivity index (χ1v) is 9.91. The van der Waals surface area contributed by atoms with Gasteiger partial charge in [-0.05, 0) is 26.2 Å². The number of aromatic nitrogens is 1. The van der Waals surface area contributed by atoms with Crippen molar-refractivity contribution in [2.75, 3.05) is 32.7 Å². The van der Waals surface area contributed by atoms with E-state index in [1.54, 1.807) is 11.3 Å². The van der Waals surface area contributed by atoms with Crippen molar-refractivity contribution in [3.05, 3.63) is 16.1 Å². The van der Waals surface area contributed by atoms with E-state index in [4.69, 9.17) is 5.73 Å². The zero-order valence-corrected chi connectivity index (χ0v) is 18.8. The van der Waals surface area contributed by atoms with Gasteiger partial charge in [0.2, 0.25) is 5.91 Å². The minimum Gasteiger partial charge on any atom is -0.369 e. The molecule has 1 saturated heterocycles. The van der Waals surface area contributed by atoms with Crippen LogP contribution in [-0.2, 0) is 17.6 Å². The summed E-state index contributed by atoms with van der Waals surface area (Å²) in [7, 11) is 0. The molecule has 1 aliphatic heterocycles. The first-order chi connectivity index (χ1) is 12.1. The molecule has 2 rings (SSSR count). The van der Waals surface area contributed by atoms with Crippen LogP contribution < -0.4 is 16.4 Å². The number of amides is 1. The summed E-state index contributed by atoms with van der Waals surface area (Å²) in [6, 6.07) is 0.383. The van der Waals surface area contributed by atoms with Crippen LogP contribution in [0, 0.1) is 0 Å². The van der Waals surface area contributed by atoms with Gasteiger partial charge in [-0.2, -0.15) is 0 Å². The van der Waals surface area contributed by atoms with E-state index < -0.39 is 0 Å². The Morgan fingerprint density at radius 1 is 1.42 bits per heavy atom. The SMILES string of the molecule is CCNC(=NCCc1ncc(CC)s1)NC1CCN(CC(N)=O)CC1.I. The molecule has 4 N–H and O–H groups in total. The van der Waals surface area contributed by atoms with Crippen molar-refractivity contribution in [1.29, 1.82) is 0 Å². The molecule has 0 radical (unpaired) electrons. The summed E-state index contributed by atoms with van der Waals surface area (Å²) in [6.45, 7) is 7.92. The number of rotatable bonds is 8. The lowest BCUT2D eigenvalue weighted by atomic mass is 10.1. The third-order valence-corrected chi connectivity index (χ3v) is 5.40. The second-order valence-corrected chi connectivity index (χ2v) is 7.45. The second-order valence-electron chi connectivity index (χ2n) is 6.25. The van der Waals surface area contributed by atoms with E-state index in [1.807, 2.05) is 6.20 Å². The topological polar surface area (TPSA) is 95.6 Å². The van der Waals surface area contributed by atoms with Crippen molar-refractivity contribution < 1.29 is 4.79 Å². The van der Waals surface area contributed by atoms with Crippen molar-refractivity contribution in [2.45, 2.75) is 45.6 Å². The maximum Gasteiger partial charge on any atom is 0.231 e. The van der Waals surface area contributed by atoms with Crippen LogP contribution in [0.15, 0.2) is 11.2 Å². The number of likely N-dealkylation sites (tertiary alicyclic amines) is 1. The number of guanidine groups is 1. The van der Waals surface area contributed by atoms with Crippen molar-refractivity contribution in [1.82, 2.24) is 20.5 Å². The molecular formula is C17H31IN6OS. The highest BCUT2D eigenvalue weighted by molar-refractivity contribution is 14.0. The van der Waals surface area contributed by atoms with E-state index in [9.17, 15) is 4.79 Å². The van der Waals surface area contributed by atoms with Gasteiger partial charge >= 0.3 is 0 Å². The van der Waals surface area contributed by atoms with E-state index in [1.165, 1.54) is 4.88 Å². The monoisotopic (exact) mass is 494 g/mol. The van der Waals surface area contributed by atoms with Gasteiger partial charge in [-0.15, -0.1) is 35.3 Å². The third-order valence-electron chi connectivity index (χ3n) is 4.20. The summed E-state index contributed by atoms with van der Waals surface area (Å²) in [4.78, 5) is 23.6. The Morgan fingerprint density at radius 3 is 2.73 bits per heavy atom. The van der Waals surface area contributed by atoms with Crippen molar-refractivity contribution in [3.63, 3.8) is 0 Å². The molecule has 0 unspecified atom stereocenters. The molecule has 7 nitrogen and oxygen atoms in total. The summed E-state index contributed by atoms with van der Waals surface area (Å²) >= 11 is 1.77. The third kappa shape index (κ3) is 8.17. The Kier molecular flexibility index (Phi) is 11.1. The standard InChI is InChI=1S/C17H30N6OS.HI/c1-3-14-11-21-16(25-14)5-8-20-17(19-4-2)22-13-6-9-23(10-7-13)12-15(18)24;/h11,13H,3-10,12H2,1-2H3,(H2,18,24)(H2,19,20,22);1H. The van der Waals surface area contributed by atoms with Crippen LogP contribution in [-0.4, -0.2) is 60.5 Å². The maximum absolute atomic E-state index is 11.0. The highest BCUT2D eigenvalue weighted by Gasteiger charge is 2.20. The van der Waals surface area contributed by atoms with E-state index in [0.29, 0.717) is 12.6 Å². The van der Waals surface area contributed by atoms with Gasteiger partial charge in [-0.1, -0.05) is 6.92 Å². The number of aryl methyl sites for hydroxylation is 1. The lowest BCUT2D eigenvalue weighted by Crippen LogP contribution is -2.49. The number of primary amides is 1. The van der Waals surface area contributed by atoms with E-state index in [2.05, 4.69) is 39.4 Å². The second kappa shape index (κ2) is 12.4. The highest BCUT2D eigenvalue weighted by atomic mass is 127. The number of nitrogens with zero attached hydrogens (tertiary/aromatic N) is 3. The summed E-state index contributed by atoms with van der Waals surface area (Å²) < 4.78 is 0. The molecule has 1 aromatic heterocycles. The minimum atomic E-state index is -0.255. The first kappa shape index (κ1) is 23.1. The van der Waals surface area contributed by atoms with Gasteiger partial charge in [0, 0.05) is 49.7 Å². The average molecular weight is 494 g/mol. The van der Waals surface area contributed by atoms with Gasteiger partial charge < -0.3 is 16.4 Å². The summed E-state index contributed by atoms with van der Waals surface area (Å²) in [5.74, 6) is 0.609. The van der Waals surface area contributed by atoms with Crippen LogP contribution in [0.2, 0.25) is 0 Å². The van der Waals surface area contributed by atoms with Crippen LogP contribution >= 0.6 is 35.3 Å². The molecule has 0 bridgehead atoms. The smallest absolute Gasteiger partial charge is 0.231 e. The summed E-state index contributed by atoms with van der Waals surface area (Å²) in [6.07, 6.45) is 5.86. The molecule has 0 aliphatic carbocycles. The van der Waals surface area contributed by atoms with Crippen LogP contribution in [0.25, 0.3) is 0 Å². The molecule has 0 saturated carbocycles. The van der Waals surface area contributed by atoms with Crippen molar-refractivity contribution in [2.24, 2.45) is 10.7 Å². The van der Waals surface area contributed by atoms with Gasteiger partial charge in [0.25, 0.3) is 0 Å². The van der Waals surface area contributed by atoms with Crippen LogP contribution in [0.3, 0.4) is 0 Å². The van der Waals surface area contributed by atoms with Gasteiger partial charge in [-0.25, -0.2) is 4.98 Å². The number of carbonyl (C=O) groups is 1. The zero-order chi connectivity index (χ0) is 18.1. The largest absolute Gasteiger partial charge is 0.369 e. The predicted octanol–water partition coefficient (Wildman–Crippen LogP) is 1.37. The fraction of sp³-hybridized carbons (Fsp3) is 0.706. The number of hydrogen-bond acceptors (Lipinski definition) is 5. The fourth-order valence-electron chi connectivity index (χ4n) is 2.86. The highest BCUT2D eigenvalue weighted by Crippen LogP contribution is 2.14. The minimum absolute atomic E-state index is 0. The van der Waals surface area contributed by atoms with Crippen molar-refractivity contribution in [3.8, 4) is 0 Å². The zero-order valence-electron chi connectivity index (χ0n) is 15.7. The van der Waals surface area contributed by atoms with Gasteiger partial charge in [0.05, 0.1) is 11.6 Å². The molecule has 0 aromatic carbocycles. The van der Waals surface area contributed by atoms with E-state index in [-0.39, 0.29) is 29.9 Å². The Labute approximate surface area is 177 Å². The van der Waals surface area contributed by atoms with Gasteiger partial charge in [-0.3, -0.25) is 14.7 Å². The number of aliphatic imine (C=N–C) groups is 1. The molecular weight excluding hydrogens is 463 g/mol.